The van der Waals surface area contributed by atoms with Gasteiger partial charge in [-0.25, -0.2) is 0 Å². The van der Waals surface area contributed by atoms with E-state index in [1.165, 1.54) is 23.0 Å². The second-order valence-corrected chi connectivity index (χ2v) is 6.50. The van der Waals surface area contributed by atoms with Crippen LogP contribution in [-0.2, 0) is 7.05 Å². The van der Waals surface area contributed by atoms with Crippen LogP contribution in [0.4, 0.5) is 0 Å². The minimum absolute atomic E-state index is 0.0204. The summed E-state index contributed by atoms with van der Waals surface area (Å²) in [5.41, 5.74) is 0.170. The van der Waals surface area contributed by atoms with E-state index in [1.807, 2.05) is 0 Å². The minimum atomic E-state index is -0.325. The van der Waals surface area contributed by atoms with Crippen LogP contribution >= 0.6 is 22.9 Å². The number of carbonyl (C=O) groups excluding carboxylic acids is 1. The predicted octanol–water partition coefficient (Wildman–Crippen LogP) is 1.89. The molecule has 0 radical (unpaired) electrons. The summed E-state index contributed by atoms with van der Waals surface area (Å²) in [6.07, 6.45) is 4.30. The van der Waals surface area contributed by atoms with Gasteiger partial charge in [-0.3, -0.25) is 9.59 Å². The van der Waals surface area contributed by atoms with Crippen molar-refractivity contribution in [1.29, 1.82) is 0 Å². The van der Waals surface area contributed by atoms with Crippen molar-refractivity contribution in [2.75, 3.05) is 0 Å². The van der Waals surface area contributed by atoms with Crippen LogP contribution in [0.25, 0.3) is 12.2 Å². The molecular formula is C17H12ClNO4S. The molecule has 0 amide bonds. The molecule has 0 saturated heterocycles. The van der Waals surface area contributed by atoms with Crippen molar-refractivity contribution >= 4 is 40.9 Å². The summed E-state index contributed by atoms with van der Waals surface area (Å²) in [7, 11) is 1.58. The molecule has 0 bridgehead atoms. The molecule has 24 heavy (non-hydrogen) atoms. The first-order valence-corrected chi connectivity index (χ1v) is 8.11. The van der Waals surface area contributed by atoms with Gasteiger partial charge in [-0.2, -0.15) is 0 Å². The van der Waals surface area contributed by atoms with Gasteiger partial charge in [-0.1, -0.05) is 11.6 Å². The lowest BCUT2D eigenvalue weighted by atomic mass is 10.2. The molecule has 2 aromatic heterocycles. The fourth-order valence-corrected chi connectivity index (χ4v) is 3.29. The number of phenols is 1. The van der Waals surface area contributed by atoms with E-state index in [-0.39, 0.29) is 22.9 Å². The van der Waals surface area contributed by atoms with E-state index in [2.05, 4.69) is 0 Å². The third-order valence-corrected chi connectivity index (χ3v) is 4.70. The molecule has 0 aliphatic carbocycles. The van der Waals surface area contributed by atoms with Gasteiger partial charge in [0.05, 0.1) is 10.8 Å². The van der Waals surface area contributed by atoms with Crippen LogP contribution in [0.3, 0.4) is 0 Å². The van der Waals surface area contributed by atoms with Crippen LogP contribution in [0, 0.1) is 0 Å². The molecule has 3 rings (SSSR count). The maximum atomic E-state index is 12.3. The first kappa shape index (κ1) is 16.3. The third-order valence-electron chi connectivity index (χ3n) is 3.36. The number of hydrogen-bond acceptors (Lipinski definition) is 5. The monoisotopic (exact) mass is 361 g/mol. The maximum Gasteiger partial charge on any atom is 0.268 e. The summed E-state index contributed by atoms with van der Waals surface area (Å²) in [5, 5.41) is 10.3. The second-order valence-electron chi connectivity index (χ2n) is 5.00. The van der Waals surface area contributed by atoms with Crippen LogP contribution in [-0.4, -0.2) is 15.5 Å². The van der Waals surface area contributed by atoms with Crippen molar-refractivity contribution in [3.8, 4) is 5.75 Å². The number of furan rings is 1. The molecule has 0 saturated carbocycles. The zero-order chi connectivity index (χ0) is 17.3. The Morgan fingerprint density at radius 1 is 1.38 bits per heavy atom. The van der Waals surface area contributed by atoms with Gasteiger partial charge in [0.1, 0.15) is 10.4 Å². The fourth-order valence-electron chi connectivity index (χ4n) is 2.09. The fraction of sp³-hybridized carbons (Fsp3) is 0.0588. The molecule has 3 aromatic rings. The summed E-state index contributed by atoms with van der Waals surface area (Å²) in [6, 6.07) is 7.76. The van der Waals surface area contributed by atoms with Crippen molar-refractivity contribution in [3.05, 3.63) is 72.5 Å². The van der Waals surface area contributed by atoms with E-state index in [0.29, 0.717) is 19.8 Å². The van der Waals surface area contributed by atoms with Crippen LogP contribution < -0.4 is 14.8 Å². The first-order chi connectivity index (χ1) is 11.5. The molecule has 0 atom stereocenters. The molecule has 0 aliphatic rings. The largest absolute Gasteiger partial charge is 0.507 e. The van der Waals surface area contributed by atoms with Crippen molar-refractivity contribution in [2.24, 2.45) is 7.05 Å². The zero-order valence-corrected chi connectivity index (χ0v) is 14.1. The van der Waals surface area contributed by atoms with Crippen LogP contribution in [0.5, 0.6) is 5.75 Å². The number of thiazole rings is 1. The number of Topliss-reactive ketones (excluding diaryl/α,β-unsaturated/α-hetero) is 1. The van der Waals surface area contributed by atoms with E-state index in [1.54, 1.807) is 37.4 Å². The summed E-state index contributed by atoms with van der Waals surface area (Å²) >= 11 is 7.06. The molecule has 1 aromatic carbocycles. The average Bonchev–Trinajstić information content (AvgIpc) is 3.17. The topological polar surface area (TPSA) is 72.4 Å². The number of aromatic hydroxyl groups is 1. The van der Waals surface area contributed by atoms with E-state index in [4.69, 9.17) is 16.0 Å². The summed E-state index contributed by atoms with van der Waals surface area (Å²) in [6.45, 7) is 0. The molecule has 5 nitrogen and oxygen atoms in total. The van der Waals surface area contributed by atoms with Crippen molar-refractivity contribution in [3.63, 3.8) is 0 Å². The summed E-state index contributed by atoms with van der Waals surface area (Å²) in [5.74, 6) is -0.102. The molecule has 2 heterocycles. The van der Waals surface area contributed by atoms with E-state index < -0.39 is 0 Å². The minimum Gasteiger partial charge on any atom is -0.507 e. The third kappa shape index (κ3) is 3.20. The zero-order valence-electron chi connectivity index (χ0n) is 12.5. The quantitative estimate of drug-likeness (QED) is 0.723. The van der Waals surface area contributed by atoms with Crippen molar-refractivity contribution in [2.45, 2.75) is 0 Å². The number of aromatic nitrogens is 1. The SMILES string of the molecule is Cn1c(=O)/c(=C/c2cc(Cl)ccc2O)s/c1=C\C(=O)c1ccco1. The normalized spacial score (nSPS) is 12.8. The van der Waals surface area contributed by atoms with Gasteiger partial charge in [0, 0.05) is 23.7 Å². The highest BCUT2D eigenvalue weighted by Crippen LogP contribution is 2.21. The van der Waals surface area contributed by atoms with Gasteiger partial charge >= 0.3 is 0 Å². The number of nitrogens with zero attached hydrogens (tertiary/aromatic N) is 1. The predicted molar refractivity (Wildman–Crippen MR) is 93.0 cm³/mol. The van der Waals surface area contributed by atoms with E-state index >= 15 is 0 Å². The van der Waals surface area contributed by atoms with Gasteiger partial charge in [0.2, 0.25) is 5.78 Å². The van der Waals surface area contributed by atoms with Crippen LogP contribution in [0.2, 0.25) is 5.02 Å². The Morgan fingerprint density at radius 3 is 2.88 bits per heavy atom. The number of phenolic OH excluding ortho intramolecular Hbond substituents is 1. The van der Waals surface area contributed by atoms with Gasteiger partial charge in [-0.15, -0.1) is 11.3 Å². The Bertz CT molecular complexity index is 1080. The molecule has 7 heteroatoms. The molecule has 122 valence electrons. The lowest BCUT2D eigenvalue weighted by Gasteiger charge is -1.97. The lowest BCUT2D eigenvalue weighted by molar-refractivity contribution is 0.103. The second kappa shape index (κ2) is 6.51. The van der Waals surface area contributed by atoms with Crippen LogP contribution in [0.1, 0.15) is 16.1 Å². The first-order valence-electron chi connectivity index (χ1n) is 6.91. The van der Waals surface area contributed by atoms with E-state index in [0.717, 1.165) is 11.3 Å². The Morgan fingerprint density at radius 2 is 2.17 bits per heavy atom. The molecule has 0 aliphatic heterocycles. The molecular weight excluding hydrogens is 350 g/mol. The summed E-state index contributed by atoms with van der Waals surface area (Å²) < 4.78 is 7.29. The van der Waals surface area contributed by atoms with Crippen molar-refractivity contribution < 1.29 is 14.3 Å². The Balaban J connectivity index is 2.12. The molecule has 0 spiro atoms. The molecule has 1 N–H and O–H groups in total. The van der Waals surface area contributed by atoms with Gasteiger partial charge in [0.15, 0.2) is 5.76 Å². The molecule has 0 unspecified atom stereocenters. The average molecular weight is 362 g/mol. The molecule has 0 fully saturated rings. The highest BCUT2D eigenvalue weighted by Gasteiger charge is 2.08. The highest BCUT2D eigenvalue weighted by atomic mass is 35.5. The van der Waals surface area contributed by atoms with Gasteiger partial charge in [-0.05, 0) is 36.4 Å². The van der Waals surface area contributed by atoms with E-state index in [9.17, 15) is 14.7 Å². The Kier molecular flexibility index (Phi) is 4.42. The number of hydrogen-bond donors (Lipinski definition) is 1. The smallest absolute Gasteiger partial charge is 0.268 e. The Labute approximate surface area is 145 Å². The Hall–Kier alpha value is -2.57. The lowest BCUT2D eigenvalue weighted by Crippen LogP contribution is -2.29. The number of rotatable bonds is 3. The summed E-state index contributed by atoms with van der Waals surface area (Å²) in [4.78, 5) is 24.4. The van der Waals surface area contributed by atoms with Gasteiger partial charge in [0.25, 0.3) is 5.56 Å². The standard InChI is InChI=1S/C17H12ClNO4S/c1-19-16(9-13(21)14-3-2-6-23-14)24-15(17(19)22)8-10-7-11(18)4-5-12(10)20/h2-9,20H,1H3/b15-8-,16-9-. The van der Waals surface area contributed by atoms with Crippen LogP contribution in [0.15, 0.2) is 45.8 Å². The number of halogens is 1. The van der Waals surface area contributed by atoms with Crippen molar-refractivity contribution in [1.82, 2.24) is 4.57 Å². The number of ketones is 1. The van der Waals surface area contributed by atoms with Gasteiger partial charge < -0.3 is 14.1 Å². The number of benzene rings is 1. The maximum absolute atomic E-state index is 12.3. The number of carbonyl (C=O) groups is 1. The highest BCUT2D eigenvalue weighted by molar-refractivity contribution is 7.07.